The molecule has 0 bridgehead atoms. The van der Waals surface area contributed by atoms with E-state index in [1.54, 1.807) is 17.0 Å². The van der Waals surface area contributed by atoms with Crippen molar-refractivity contribution in [1.29, 1.82) is 0 Å². The largest absolute Gasteiger partial charge is 0.312 e. The van der Waals surface area contributed by atoms with Crippen molar-refractivity contribution in [1.82, 2.24) is 10.2 Å². The number of aromatic nitrogens is 2. The fraction of sp³-hybridized carbons (Fsp3) is 0.222. The van der Waals surface area contributed by atoms with E-state index in [0.29, 0.717) is 35.2 Å². The lowest BCUT2D eigenvalue weighted by Gasteiger charge is -2.16. The van der Waals surface area contributed by atoms with Crippen molar-refractivity contribution >= 4 is 45.3 Å². The second-order valence-electron chi connectivity index (χ2n) is 6.13. The fourth-order valence-electron chi connectivity index (χ4n) is 2.93. The Morgan fingerprint density at radius 3 is 2.81 bits per heavy atom. The molecule has 1 aromatic carbocycles. The summed E-state index contributed by atoms with van der Waals surface area (Å²) < 4.78 is 13.1. The molecule has 2 amide bonds. The number of rotatable bonds is 5. The molecular formula is C18H15FN4O2S2. The summed E-state index contributed by atoms with van der Waals surface area (Å²) in [5.74, 6) is -0.613. The van der Waals surface area contributed by atoms with Gasteiger partial charge in [-0.05, 0) is 35.7 Å². The lowest BCUT2D eigenvalue weighted by molar-refractivity contribution is -0.117. The number of hydrogen-bond acceptors (Lipinski definition) is 6. The molecule has 9 heteroatoms. The normalized spacial score (nSPS) is 16.7. The van der Waals surface area contributed by atoms with Gasteiger partial charge in [-0.2, -0.15) is 0 Å². The molecule has 3 aromatic rings. The highest BCUT2D eigenvalue weighted by Crippen LogP contribution is 2.34. The van der Waals surface area contributed by atoms with E-state index in [1.165, 1.54) is 34.8 Å². The molecule has 6 nitrogen and oxygen atoms in total. The highest BCUT2D eigenvalue weighted by molar-refractivity contribution is 7.15. The Balaban J connectivity index is 1.40. The molecule has 0 saturated carbocycles. The van der Waals surface area contributed by atoms with Gasteiger partial charge in [-0.15, -0.1) is 21.5 Å². The number of benzene rings is 1. The third kappa shape index (κ3) is 4.04. The van der Waals surface area contributed by atoms with E-state index < -0.39 is 0 Å². The van der Waals surface area contributed by atoms with Gasteiger partial charge in [0.15, 0.2) is 0 Å². The molecular weight excluding hydrogens is 387 g/mol. The van der Waals surface area contributed by atoms with E-state index in [-0.39, 0.29) is 23.5 Å². The maximum Gasteiger partial charge on any atom is 0.231 e. The van der Waals surface area contributed by atoms with Crippen LogP contribution in [0.5, 0.6) is 0 Å². The summed E-state index contributed by atoms with van der Waals surface area (Å²) in [5, 5.41) is 14.0. The lowest BCUT2D eigenvalue weighted by atomic mass is 10.1. The van der Waals surface area contributed by atoms with Crippen molar-refractivity contribution in [3.8, 4) is 0 Å². The Hall–Kier alpha value is -2.65. The molecule has 0 spiro atoms. The molecule has 1 aliphatic rings. The minimum atomic E-state index is -0.339. The summed E-state index contributed by atoms with van der Waals surface area (Å²) in [7, 11) is 0. The number of thiophene rings is 1. The molecule has 1 fully saturated rings. The standard InChI is InChI=1S/C18H15FN4O2S2/c19-12-3-5-13(6-4-12)23-10-11(8-16(23)25)17-21-22-18(27-17)20-15(24)9-14-2-1-7-26-14/h1-7,11H,8-10H2,(H,20,22,24). The average molecular weight is 402 g/mol. The molecule has 27 heavy (non-hydrogen) atoms. The minimum Gasteiger partial charge on any atom is -0.312 e. The first-order chi connectivity index (χ1) is 13.1. The van der Waals surface area contributed by atoms with Gasteiger partial charge in [0.1, 0.15) is 10.8 Å². The molecule has 0 radical (unpaired) electrons. The maximum absolute atomic E-state index is 13.1. The first kappa shape index (κ1) is 17.7. The van der Waals surface area contributed by atoms with Crippen LogP contribution in [0.25, 0.3) is 0 Å². The van der Waals surface area contributed by atoms with Crippen LogP contribution >= 0.6 is 22.7 Å². The maximum atomic E-state index is 13.1. The predicted molar refractivity (Wildman–Crippen MR) is 103 cm³/mol. The van der Waals surface area contributed by atoms with Gasteiger partial charge in [-0.1, -0.05) is 17.4 Å². The van der Waals surface area contributed by atoms with Crippen LogP contribution < -0.4 is 10.2 Å². The quantitative estimate of drug-likeness (QED) is 0.709. The number of hydrogen-bond donors (Lipinski definition) is 1. The van der Waals surface area contributed by atoms with Gasteiger partial charge in [0.25, 0.3) is 0 Å². The van der Waals surface area contributed by atoms with Crippen LogP contribution in [0.2, 0.25) is 0 Å². The summed E-state index contributed by atoms with van der Waals surface area (Å²) in [4.78, 5) is 27.0. The number of nitrogens with zero attached hydrogens (tertiary/aromatic N) is 3. The van der Waals surface area contributed by atoms with Crippen molar-refractivity contribution in [2.24, 2.45) is 0 Å². The van der Waals surface area contributed by atoms with Gasteiger partial charge in [0.2, 0.25) is 16.9 Å². The molecule has 1 N–H and O–H groups in total. The SMILES string of the molecule is O=C(Cc1cccs1)Nc1nnc(C2CC(=O)N(c3ccc(F)cc3)C2)s1. The molecule has 1 atom stereocenters. The van der Waals surface area contributed by atoms with Crippen molar-refractivity contribution in [3.63, 3.8) is 0 Å². The van der Waals surface area contributed by atoms with Crippen LogP contribution in [0.4, 0.5) is 15.2 Å². The molecule has 4 rings (SSSR count). The Morgan fingerprint density at radius 2 is 2.07 bits per heavy atom. The second-order valence-corrected chi connectivity index (χ2v) is 8.17. The third-order valence-corrected chi connectivity index (χ3v) is 6.09. The molecule has 1 saturated heterocycles. The molecule has 138 valence electrons. The lowest BCUT2D eigenvalue weighted by Crippen LogP contribution is -2.24. The van der Waals surface area contributed by atoms with Gasteiger partial charge in [-0.25, -0.2) is 4.39 Å². The molecule has 3 heterocycles. The fourth-order valence-corrected chi connectivity index (χ4v) is 4.48. The molecule has 2 aromatic heterocycles. The Bertz CT molecular complexity index is 956. The number of carbonyl (C=O) groups excluding carboxylic acids is 2. The van der Waals surface area contributed by atoms with E-state index in [1.807, 2.05) is 17.5 Å². The molecule has 0 aliphatic carbocycles. The van der Waals surface area contributed by atoms with Crippen LogP contribution in [-0.4, -0.2) is 28.6 Å². The number of nitrogens with one attached hydrogen (secondary N) is 1. The first-order valence-corrected chi connectivity index (χ1v) is 9.99. The Labute approximate surface area is 162 Å². The van der Waals surface area contributed by atoms with Crippen LogP contribution in [0, 0.1) is 5.82 Å². The van der Waals surface area contributed by atoms with Crippen molar-refractivity contribution in [2.45, 2.75) is 18.8 Å². The number of halogens is 1. The van der Waals surface area contributed by atoms with E-state index in [0.717, 1.165) is 4.88 Å². The van der Waals surface area contributed by atoms with Crippen molar-refractivity contribution in [3.05, 3.63) is 57.5 Å². The number of carbonyl (C=O) groups is 2. The zero-order valence-electron chi connectivity index (χ0n) is 14.1. The predicted octanol–water partition coefficient (Wildman–Crippen LogP) is 3.44. The van der Waals surface area contributed by atoms with Gasteiger partial charge in [0, 0.05) is 29.4 Å². The summed E-state index contributed by atoms with van der Waals surface area (Å²) in [6.07, 6.45) is 0.613. The minimum absolute atomic E-state index is 0.0370. The van der Waals surface area contributed by atoms with E-state index in [9.17, 15) is 14.0 Å². The van der Waals surface area contributed by atoms with E-state index in [2.05, 4.69) is 15.5 Å². The first-order valence-electron chi connectivity index (χ1n) is 8.30. The van der Waals surface area contributed by atoms with Crippen LogP contribution in [0.15, 0.2) is 41.8 Å². The van der Waals surface area contributed by atoms with Crippen LogP contribution in [0.1, 0.15) is 22.2 Å². The average Bonchev–Trinajstić information content (AvgIpc) is 3.37. The van der Waals surface area contributed by atoms with Crippen LogP contribution in [-0.2, 0) is 16.0 Å². The van der Waals surface area contributed by atoms with Crippen molar-refractivity contribution in [2.75, 3.05) is 16.8 Å². The summed E-state index contributed by atoms with van der Waals surface area (Å²) in [6, 6.07) is 9.66. The Kier molecular flexibility index (Phi) is 4.95. The van der Waals surface area contributed by atoms with Crippen molar-refractivity contribution < 1.29 is 14.0 Å². The molecule has 1 unspecified atom stereocenters. The topological polar surface area (TPSA) is 75.2 Å². The van der Waals surface area contributed by atoms with Gasteiger partial charge < -0.3 is 10.2 Å². The van der Waals surface area contributed by atoms with Gasteiger partial charge in [-0.3, -0.25) is 9.59 Å². The smallest absolute Gasteiger partial charge is 0.231 e. The zero-order valence-corrected chi connectivity index (χ0v) is 15.7. The Morgan fingerprint density at radius 1 is 1.26 bits per heavy atom. The van der Waals surface area contributed by atoms with E-state index in [4.69, 9.17) is 0 Å². The van der Waals surface area contributed by atoms with E-state index >= 15 is 0 Å². The van der Waals surface area contributed by atoms with Gasteiger partial charge >= 0.3 is 0 Å². The second kappa shape index (κ2) is 7.53. The summed E-state index contributed by atoms with van der Waals surface area (Å²) >= 11 is 2.81. The van der Waals surface area contributed by atoms with Gasteiger partial charge in [0.05, 0.1) is 6.42 Å². The summed E-state index contributed by atoms with van der Waals surface area (Å²) in [5.41, 5.74) is 0.665. The molecule has 1 aliphatic heterocycles. The van der Waals surface area contributed by atoms with Crippen LogP contribution in [0.3, 0.4) is 0 Å². The highest BCUT2D eigenvalue weighted by atomic mass is 32.1. The third-order valence-electron chi connectivity index (χ3n) is 4.21. The highest BCUT2D eigenvalue weighted by Gasteiger charge is 2.34. The summed E-state index contributed by atoms with van der Waals surface area (Å²) in [6.45, 7) is 0.461. The monoisotopic (exact) mass is 402 g/mol. The number of amides is 2. The number of anilines is 2. The zero-order chi connectivity index (χ0) is 18.8.